The van der Waals surface area contributed by atoms with Gasteiger partial charge in [0.25, 0.3) is 0 Å². The Bertz CT molecular complexity index is 1880. The SMILES string of the molecule is COc1c(-c2ccc3c(c2)C(C)N(S(=O)(=O)c2ccc(C)cc2)C3)c(F)cc2c(=O)c(C(=O)O)cn(C3CC3)c12. The molecule has 1 fully saturated rings. The molecule has 1 unspecified atom stereocenters. The fourth-order valence-corrected chi connectivity index (χ4v) is 7.19. The average Bonchev–Trinajstić information content (AvgIpc) is 3.71. The number of aryl methyl sites for hydroxylation is 1. The molecule has 0 radical (unpaired) electrons. The predicted octanol–water partition coefficient (Wildman–Crippen LogP) is 5.42. The minimum absolute atomic E-state index is 0.0195. The van der Waals surface area contributed by atoms with Gasteiger partial charge in [0.05, 0.1) is 28.5 Å². The fourth-order valence-electron chi connectivity index (χ4n) is 5.60. The first-order valence-corrected chi connectivity index (χ1v) is 14.4. The van der Waals surface area contributed by atoms with Gasteiger partial charge < -0.3 is 14.4 Å². The van der Waals surface area contributed by atoms with Crippen LogP contribution in [0, 0.1) is 12.7 Å². The van der Waals surface area contributed by atoms with E-state index in [1.165, 1.54) is 17.6 Å². The van der Waals surface area contributed by atoms with Gasteiger partial charge in [-0.15, -0.1) is 0 Å². The number of rotatable bonds is 6. The van der Waals surface area contributed by atoms with E-state index >= 15 is 4.39 Å². The minimum atomic E-state index is -3.78. The van der Waals surface area contributed by atoms with Gasteiger partial charge in [-0.1, -0.05) is 29.8 Å². The molecule has 1 aromatic heterocycles. The highest BCUT2D eigenvalue weighted by atomic mass is 32.2. The van der Waals surface area contributed by atoms with Crippen molar-refractivity contribution in [1.29, 1.82) is 0 Å². The third kappa shape index (κ3) is 4.01. The molecule has 206 valence electrons. The van der Waals surface area contributed by atoms with Crippen LogP contribution in [0.4, 0.5) is 4.39 Å². The molecule has 6 rings (SSSR count). The Kier molecular flexibility index (Phi) is 6.08. The molecule has 1 atom stereocenters. The summed E-state index contributed by atoms with van der Waals surface area (Å²) in [4.78, 5) is 25.0. The number of aromatic nitrogens is 1. The van der Waals surface area contributed by atoms with Crippen LogP contribution in [-0.2, 0) is 16.6 Å². The lowest BCUT2D eigenvalue weighted by molar-refractivity contribution is 0.0694. The quantitative estimate of drug-likeness (QED) is 0.336. The summed E-state index contributed by atoms with van der Waals surface area (Å²) in [5.74, 6) is -1.98. The predicted molar refractivity (Wildman–Crippen MR) is 148 cm³/mol. The van der Waals surface area contributed by atoms with Crippen LogP contribution in [0.3, 0.4) is 0 Å². The Balaban J connectivity index is 1.49. The van der Waals surface area contributed by atoms with E-state index in [1.807, 2.05) is 6.92 Å². The molecule has 1 N–H and O–H groups in total. The summed E-state index contributed by atoms with van der Waals surface area (Å²) in [6, 6.07) is 12.5. The standard InChI is InChI=1S/C30H27FN2O6S/c1-16-4-10-21(11-5-16)40(37,38)33-14-19-7-6-18(12-22(19)17(33)2)26-25(31)13-23-27(29(26)39-3)32(20-8-9-20)15-24(28(23)34)30(35)36/h4-7,10-13,15,17,20H,8-9,14H2,1-3H3,(H,35,36). The van der Waals surface area contributed by atoms with Crippen molar-refractivity contribution >= 4 is 26.9 Å². The van der Waals surface area contributed by atoms with E-state index in [0.29, 0.717) is 11.1 Å². The molecule has 10 heteroatoms. The minimum Gasteiger partial charge on any atom is -0.494 e. The summed E-state index contributed by atoms with van der Waals surface area (Å²) < 4.78 is 51.6. The van der Waals surface area contributed by atoms with Gasteiger partial charge in [0.15, 0.2) is 5.75 Å². The second kappa shape index (κ2) is 9.28. The summed E-state index contributed by atoms with van der Waals surface area (Å²) >= 11 is 0. The topological polar surface area (TPSA) is 106 Å². The molecule has 2 aliphatic rings. The van der Waals surface area contributed by atoms with Gasteiger partial charge in [-0.2, -0.15) is 4.31 Å². The lowest BCUT2D eigenvalue weighted by Crippen LogP contribution is -2.28. The Morgan fingerprint density at radius 1 is 1.10 bits per heavy atom. The van der Waals surface area contributed by atoms with Crippen LogP contribution in [0.25, 0.3) is 22.0 Å². The van der Waals surface area contributed by atoms with Crippen molar-refractivity contribution < 1.29 is 27.4 Å². The maximum absolute atomic E-state index is 15.8. The molecule has 1 aliphatic carbocycles. The summed E-state index contributed by atoms with van der Waals surface area (Å²) in [5.41, 5.74) is 2.25. The number of carbonyl (C=O) groups is 1. The van der Waals surface area contributed by atoms with Gasteiger partial charge in [-0.25, -0.2) is 17.6 Å². The number of carboxylic acid groups (broad SMARTS) is 1. The molecule has 1 saturated carbocycles. The highest BCUT2D eigenvalue weighted by Gasteiger charge is 2.37. The number of halogens is 1. The lowest BCUT2D eigenvalue weighted by Gasteiger charge is -2.22. The monoisotopic (exact) mass is 562 g/mol. The summed E-state index contributed by atoms with van der Waals surface area (Å²) in [5, 5.41) is 9.51. The van der Waals surface area contributed by atoms with E-state index in [-0.39, 0.29) is 34.2 Å². The van der Waals surface area contributed by atoms with E-state index in [4.69, 9.17) is 4.74 Å². The van der Waals surface area contributed by atoms with Crippen LogP contribution in [0.1, 0.15) is 58.9 Å². The zero-order chi connectivity index (χ0) is 28.5. The fraction of sp³-hybridized carbons (Fsp3) is 0.267. The van der Waals surface area contributed by atoms with Crippen LogP contribution >= 0.6 is 0 Å². The molecule has 0 spiro atoms. The Hall–Kier alpha value is -4.02. The first kappa shape index (κ1) is 26.2. The van der Waals surface area contributed by atoms with Crippen LogP contribution in [0.15, 0.2) is 64.4 Å². The van der Waals surface area contributed by atoms with E-state index in [2.05, 4.69) is 0 Å². The van der Waals surface area contributed by atoms with Gasteiger partial charge in [-0.05, 0) is 67.6 Å². The third-order valence-corrected chi connectivity index (χ3v) is 9.80. The van der Waals surface area contributed by atoms with Crippen LogP contribution in [0.5, 0.6) is 5.75 Å². The van der Waals surface area contributed by atoms with Crippen molar-refractivity contribution in [3.05, 3.63) is 93.0 Å². The number of hydrogen-bond acceptors (Lipinski definition) is 5. The maximum Gasteiger partial charge on any atom is 0.341 e. The summed E-state index contributed by atoms with van der Waals surface area (Å²) in [6.07, 6.45) is 2.91. The van der Waals surface area contributed by atoms with E-state index in [0.717, 1.165) is 35.6 Å². The molecule has 3 aromatic carbocycles. The number of fused-ring (bicyclic) bond motifs is 2. The molecule has 0 saturated heterocycles. The normalized spacial score (nSPS) is 17.2. The number of pyridine rings is 1. The molecular weight excluding hydrogens is 535 g/mol. The summed E-state index contributed by atoms with van der Waals surface area (Å²) in [7, 11) is -2.39. The molecule has 4 aromatic rings. The summed E-state index contributed by atoms with van der Waals surface area (Å²) in [6.45, 7) is 3.87. The molecule has 1 aliphatic heterocycles. The van der Waals surface area contributed by atoms with E-state index in [9.17, 15) is 23.1 Å². The molecule has 0 amide bonds. The first-order chi connectivity index (χ1) is 19.0. The number of hydrogen-bond donors (Lipinski definition) is 1. The first-order valence-electron chi connectivity index (χ1n) is 12.9. The van der Waals surface area contributed by atoms with Crippen molar-refractivity contribution in [2.75, 3.05) is 7.11 Å². The van der Waals surface area contributed by atoms with Gasteiger partial charge in [0.2, 0.25) is 15.5 Å². The van der Waals surface area contributed by atoms with Crippen molar-refractivity contribution in [2.24, 2.45) is 0 Å². The van der Waals surface area contributed by atoms with Crippen LogP contribution in [0.2, 0.25) is 0 Å². The molecule has 0 bridgehead atoms. The molecule has 8 nitrogen and oxygen atoms in total. The smallest absolute Gasteiger partial charge is 0.341 e. The van der Waals surface area contributed by atoms with Crippen LogP contribution in [-0.4, -0.2) is 35.5 Å². The largest absolute Gasteiger partial charge is 0.494 e. The van der Waals surface area contributed by atoms with Crippen molar-refractivity contribution in [2.45, 2.75) is 50.2 Å². The Morgan fingerprint density at radius 3 is 2.42 bits per heavy atom. The van der Waals surface area contributed by atoms with Gasteiger partial charge >= 0.3 is 5.97 Å². The second-order valence-corrected chi connectivity index (χ2v) is 12.3. The number of aromatic carboxylic acids is 1. The van der Waals surface area contributed by atoms with Crippen molar-refractivity contribution in [3.63, 3.8) is 0 Å². The zero-order valence-corrected chi connectivity index (χ0v) is 23.0. The van der Waals surface area contributed by atoms with Crippen LogP contribution < -0.4 is 10.2 Å². The number of nitrogens with zero attached hydrogens (tertiary/aromatic N) is 2. The Morgan fingerprint density at radius 2 is 1.80 bits per heavy atom. The lowest BCUT2D eigenvalue weighted by atomic mass is 9.95. The number of sulfonamides is 1. The van der Waals surface area contributed by atoms with Crippen molar-refractivity contribution in [3.8, 4) is 16.9 Å². The zero-order valence-electron chi connectivity index (χ0n) is 22.1. The number of carboxylic acids is 1. The Labute approximate surface area is 230 Å². The average molecular weight is 563 g/mol. The van der Waals surface area contributed by atoms with Gasteiger partial charge in [0.1, 0.15) is 11.4 Å². The van der Waals surface area contributed by atoms with E-state index < -0.39 is 38.8 Å². The molecule has 40 heavy (non-hydrogen) atoms. The highest BCUT2D eigenvalue weighted by Crippen LogP contribution is 2.45. The maximum atomic E-state index is 15.8. The van der Waals surface area contributed by atoms with Gasteiger partial charge in [-0.3, -0.25) is 4.79 Å². The van der Waals surface area contributed by atoms with Crippen molar-refractivity contribution in [1.82, 2.24) is 8.87 Å². The molecule has 2 heterocycles. The number of benzene rings is 3. The molecular formula is C30H27FN2O6S. The third-order valence-electron chi connectivity index (χ3n) is 7.87. The van der Waals surface area contributed by atoms with Gasteiger partial charge in [0, 0.05) is 24.8 Å². The number of methoxy groups -OCH3 is 1. The highest BCUT2D eigenvalue weighted by molar-refractivity contribution is 7.89. The number of ether oxygens (including phenoxy) is 1. The second-order valence-electron chi connectivity index (χ2n) is 10.4. The van der Waals surface area contributed by atoms with E-state index in [1.54, 1.807) is 54.0 Å².